The van der Waals surface area contributed by atoms with Gasteiger partial charge in [0.15, 0.2) is 0 Å². The van der Waals surface area contributed by atoms with Crippen LogP contribution in [0.3, 0.4) is 0 Å². The Morgan fingerprint density at radius 3 is 2.67 bits per heavy atom. The molecule has 0 heterocycles. The molecule has 2 aliphatic carbocycles. The SMILES string of the molecule is Cc1cc(O)cc([C@@]2(O)C[C@H]3CC[C@H](C3)[C@@H]2CN(C)C)c1. The van der Waals surface area contributed by atoms with E-state index in [9.17, 15) is 10.2 Å². The molecule has 0 aromatic heterocycles. The summed E-state index contributed by atoms with van der Waals surface area (Å²) in [7, 11) is 4.16. The molecule has 0 saturated heterocycles. The number of aromatic hydroxyl groups is 1. The van der Waals surface area contributed by atoms with Crippen molar-refractivity contribution in [2.24, 2.45) is 17.8 Å². The number of hydrogen-bond donors (Lipinski definition) is 2. The molecule has 0 unspecified atom stereocenters. The maximum absolute atomic E-state index is 11.5. The minimum Gasteiger partial charge on any atom is -0.508 e. The molecule has 0 amide bonds. The standard InChI is InChI=1S/C18H27NO2/c1-12-6-15(9-16(20)7-12)18(21)10-13-4-5-14(8-13)17(18)11-19(2)3/h6-7,9,13-14,17,20-21H,4-5,8,10-11H2,1-3H3/t13-,14+,17-,18-/m0/s1. The van der Waals surface area contributed by atoms with Crippen molar-refractivity contribution in [1.29, 1.82) is 0 Å². The van der Waals surface area contributed by atoms with Crippen LogP contribution in [0.25, 0.3) is 0 Å². The lowest BCUT2D eigenvalue weighted by Crippen LogP contribution is -2.47. The van der Waals surface area contributed by atoms with Gasteiger partial charge >= 0.3 is 0 Å². The Labute approximate surface area is 127 Å². The van der Waals surface area contributed by atoms with Gasteiger partial charge in [-0.2, -0.15) is 0 Å². The van der Waals surface area contributed by atoms with Crippen molar-refractivity contribution < 1.29 is 10.2 Å². The summed E-state index contributed by atoms with van der Waals surface area (Å²) in [5.41, 5.74) is 1.13. The largest absolute Gasteiger partial charge is 0.508 e. The fourth-order valence-electron chi connectivity index (χ4n) is 4.68. The average molecular weight is 289 g/mol. The summed E-state index contributed by atoms with van der Waals surface area (Å²) >= 11 is 0. The molecule has 1 aromatic carbocycles. The van der Waals surface area contributed by atoms with Gasteiger partial charge in [-0.25, -0.2) is 0 Å². The van der Waals surface area contributed by atoms with Crippen LogP contribution in [0, 0.1) is 24.7 Å². The quantitative estimate of drug-likeness (QED) is 0.899. The molecule has 0 radical (unpaired) electrons. The van der Waals surface area contributed by atoms with E-state index in [1.54, 1.807) is 12.1 Å². The number of fused-ring (bicyclic) bond motifs is 2. The van der Waals surface area contributed by atoms with E-state index in [1.807, 2.05) is 13.0 Å². The third-order valence-electron chi connectivity index (χ3n) is 5.49. The Balaban J connectivity index is 2.02. The molecule has 1 aromatic rings. The van der Waals surface area contributed by atoms with Crippen LogP contribution >= 0.6 is 0 Å². The number of hydrogen-bond acceptors (Lipinski definition) is 3. The zero-order valence-corrected chi connectivity index (χ0v) is 13.3. The normalized spacial score (nSPS) is 35.4. The van der Waals surface area contributed by atoms with E-state index in [4.69, 9.17) is 0 Å². The van der Waals surface area contributed by atoms with E-state index in [2.05, 4.69) is 19.0 Å². The van der Waals surface area contributed by atoms with E-state index < -0.39 is 5.60 Å². The highest BCUT2D eigenvalue weighted by atomic mass is 16.3. The maximum atomic E-state index is 11.5. The van der Waals surface area contributed by atoms with Crippen LogP contribution in [0.2, 0.25) is 0 Å². The van der Waals surface area contributed by atoms with Crippen LogP contribution in [0.15, 0.2) is 18.2 Å². The van der Waals surface area contributed by atoms with Crippen LogP contribution in [0.5, 0.6) is 5.75 Å². The summed E-state index contributed by atoms with van der Waals surface area (Å²) in [5.74, 6) is 1.77. The number of phenolic OH excluding ortho intramolecular Hbond substituents is 1. The van der Waals surface area contributed by atoms with Crippen LogP contribution in [-0.2, 0) is 5.60 Å². The molecule has 4 atom stereocenters. The van der Waals surface area contributed by atoms with Gasteiger partial charge in [0.2, 0.25) is 0 Å². The summed E-state index contributed by atoms with van der Waals surface area (Å²) in [5, 5.41) is 21.5. The van der Waals surface area contributed by atoms with Gasteiger partial charge in [-0.05, 0) is 75.4 Å². The average Bonchev–Trinajstić information content (AvgIpc) is 2.77. The minimum absolute atomic E-state index is 0.257. The van der Waals surface area contributed by atoms with Crippen molar-refractivity contribution in [1.82, 2.24) is 4.90 Å². The van der Waals surface area contributed by atoms with E-state index in [1.165, 1.54) is 19.3 Å². The van der Waals surface area contributed by atoms with Crippen molar-refractivity contribution >= 4 is 0 Å². The molecule has 2 saturated carbocycles. The fourth-order valence-corrected chi connectivity index (χ4v) is 4.68. The summed E-state index contributed by atoms with van der Waals surface area (Å²) in [6.07, 6.45) is 4.58. The highest BCUT2D eigenvalue weighted by Crippen LogP contribution is 2.54. The van der Waals surface area contributed by atoms with Gasteiger partial charge in [-0.15, -0.1) is 0 Å². The highest BCUT2D eigenvalue weighted by molar-refractivity contribution is 5.37. The van der Waals surface area contributed by atoms with Crippen LogP contribution in [-0.4, -0.2) is 35.8 Å². The summed E-state index contributed by atoms with van der Waals surface area (Å²) in [6, 6.07) is 5.57. The van der Waals surface area contributed by atoms with Gasteiger partial charge in [-0.3, -0.25) is 0 Å². The molecule has 2 bridgehead atoms. The molecule has 3 heteroatoms. The van der Waals surface area contributed by atoms with Crippen molar-refractivity contribution in [2.75, 3.05) is 20.6 Å². The van der Waals surface area contributed by atoms with Crippen molar-refractivity contribution in [3.8, 4) is 5.75 Å². The van der Waals surface area contributed by atoms with E-state index >= 15 is 0 Å². The Kier molecular flexibility index (Phi) is 3.74. The van der Waals surface area contributed by atoms with Crippen molar-refractivity contribution in [2.45, 2.75) is 38.2 Å². The molecule has 0 spiro atoms. The second-order valence-electron chi connectivity index (χ2n) is 7.49. The van der Waals surface area contributed by atoms with Gasteiger partial charge in [0.05, 0.1) is 5.60 Å². The van der Waals surface area contributed by atoms with Gasteiger partial charge in [0.25, 0.3) is 0 Å². The molecular formula is C18H27NO2. The Morgan fingerprint density at radius 2 is 2.00 bits per heavy atom. The molecule has 2 N–H and O–H groups in total. The molecule has 3 rings (SSSR count). The van der Waals surface area contributed by atoms with Crippen LogP contribution < -0.4 is 0 Å². The number of aliphatic hydroxyl groups is 1. The molecule has 0 aliphatic heterocycles. The van der Waals surface area contributed by atoms with E-state index in [0.29, 0.717) is 11.8 Å². The third kappa shape index (κ3) is 2.69. The smallest absolute Gasteiger partial charge is 0.116 e. The fraction of sp³-hybridized carbons (Fsp3) is 0.667. The molecule has 3 nitrogen and oxygen atoms in total. The topological polar surface area (TPSA) is 43.7 Å². The van der Waals surface area contributed by atoms with Gasteiger partial charge in [-0.1, -0.05) is 12.5 Å². The Bertz CT molecular complexity index is 508. The summed E-state index contributed by atoms with van der Waals surface area (Å²) in [4.78, 5) is 2.18. The zero-order chi connectivity index (χ0) is 15.2. The summed E-state index contributed by atoms with van der Waals surface area (Å²) < 4.78 is 0. The van der Waals surface area contributed by atoms with Gasteiger partial charge < -0.3 is 15.1 Å². The zero-order valence-electron chi connectivity index (χ0n) is 13.3. The number of aryl methyl sites for hydroxylation is 1. The number of phenols is 1. The lowest BCUT2D eigenvalue weighted by Gasteiger charge is -2.45. The van der Waals surface area contributed by atoms with E-state index in [-0.39, 0.29) is 11.7 Å². The van der Waals surface area contributed by atoms with E-state index in [0.717, 1.165) is 24.1 Å². The first kappa shape index (κ1) is 14.9. The molecule has 2 fully saturated rings. The predicted octanol–water partition coefficient (Wildman–Crippen LogP) is 2.89. The molecular weight excluding hydrogens is 262 g/mol. The van der Waals surface area contributed by atoms with Crippen LogP contribution in [0.1, 0.15) is 36.8 Å². The predicted molar refractivity (Wildman–Crippen MR) is 84.2 cm³/mol. The number of nitrogens with zero attached hydrogens (tertiary/aromatic N) is 1. The first-order valence-corrected chi connectivity index (χ1v) is 8.06. The number of benzene rings is 1. The van der Waals surface area contributed by atoms with Crippen molar-refractivity contribution in [3.63, 3.8) is 0 Å². The van der Waals surface area contributed by atoms with Gasteiger partial charge in [0.1, 0.15) is 5.75 Å². The second-order valence-corrected chi connectivity index (χ2v) is 7.49. The molecule has 21 heavy (non-hydrogen) atoms. The first-order valence-electron chi connectivity index (χ1n) is 8.06. The number of rotatable bonds is 3. The maximum Gasteiger partial charge on any atom is 0.116 e. The molecule has 116 valence electrons. The van der Waals surface area contributed by atoms with Gasteiger partial charge in [0, 0.05) is 12.5 Å². The summed E-state index contributed by atoms with van der Waals surface area (Å²) in [6.45, 7) is 2.88. The second kappa shape index (κ2) is 5.29. The highest BCUT2D eigenvalue weighted by Gasteiger charge is 2.51. The third-order valence-corrected chi connectivity index (χ3v) is 5.49. The first-order chi connectivity index (χ1) is 9.88. The monoisotopic (exact) mass is 289 g/mol. The Morgan fingerprint density at radius 1 is 1.24 bits per heavy atom. The van der Waals surface area contributed by atoms with Crippen LogP contribution in [0.4, 0.5) is 0 Å². The lowest BCUT2D eigenvalue weighted by atomic mass is 9.65. The molecule has 2 aliphatic rings. The lowest BCUT2D eigenvalue weighted by molar-refractivity contribution is -0.0892. The Hall–Kier alpha value is -1.06. The van der Waals surface area contributed by atoms with Crippen molar-refractivity contribution in [3.05, 3.63) is 29.3 Å². The minimum atomic E-state index is -0.794.